The van der Waals surface area contributed by atoms with Crippen LogP contribution in [0.15, 0.2) is 24.3 Å². The number of methoxy groups -OCH3 is 1. The fraction of sp³-hybridized carbons (Fsp3) is 0.533. The second-order valence-corrected chi connectivity index (χ2v) is 4.63. The lowest BCUT2D eigenvalue weighted by Crippen LogP contribution is -2.30. The normalized spacial score (nSPS) is 10.8. The van der Waals surface area contributed by atoms with E-state index in [1.807, 2.05) is 24.3 Å². The Morgan fingerprint density at radius 1 is 1.40 bits per heavy atom. The molecule has 0 heterocycles. The Kier molecular flexibility index (Phi) is 7.87. The number of nitrogens with zero attached hydrogens (tertiary/aromatic N) is 1. The van der Waals surface area contributed by atoms with Crippen molar-refractivity contribution < 1.29 is 9.53 Å². The number of anilines is 1. The first-order chi connectivity index (χ1) is 9.69. The monoisotopic (exact) mass is 279 g/mol. The molecule has 0 aliphatic carbocycles. The lowest BCUT2D eigenvalue weighted by molar-refractivity contribution is -0.116. The van der Waals surface area contributed by atoms with Crippen molar-refractivity contribution in [2.24, 2.45) is 5.73 Å². The zero-order valence-electron chi connectivity index (χ0n) is 12.4. The highest BCUT2D eigenvalue weighted by molar-refractivity contribution is 5.90. The number of nitrogens with one attached hydrogen (secondary N) is 1. The van der Waals surface area contributed by atoms with Gasteiger partial charge in [-0.3, -0.25) is 4.79 Å². The van der Waals surface area contributed by atoms with E-state index in [0.29, 0.717) is 19.6 Å². The maximum absolute atomic E-state index is 11.9. The van der Waals surface area contributed by atoms with Crippen LogP contribution in [0, 0.1) is 0 Å². The molecule has 1 aromatic carbocycles. The zero-order chi connectivity index (χ0) is 14.8. The van der Waals surface area contributed by atoms with Crippen LogP contribution in [-0.4, -0.2) is 44.2 Å². The number of hydrogen-bond acceptors (Lipinski definition) is 4. The van der Waals surface area contributed by atoms with Gasteiger partial charge in [0, 0.05) is 38.9 Å². The Balaban J connectivity index is 2.38. The van der Waals surface area contributed by atoms with Crippen molar-refractivity contribution >= 4 is 11.6 Å². The van der Waals surface area contributed by atoms with Gasteiger partial charge >= 0.3 is 0 Å². The molecule has 0 aliphatic rings. The molecule has 5 heteroatoms. The van der Waals surface area contributed by atoms with Crippen LogP contribution in [-0.2, 0) is 16.1 Å². The molecule has 0 aromatic heterocycles. The van der Waals surface area contributed by atoms with Crippen molar-refractivity contribution in [2.45, 2.75) is 19.9 Å². The summed E-state index contributed by atoms with van der Waals surface area (Å²) in [5.41, 5.74) is 7.40. The SMILES string of the molecule is CCN(CCOC)CCC(=O)Nc1cccc(CN)c1. The maximum Gasteiger partial charge on any atom is 0.225 e. The lowest BCUT2D eigenvalue weighted by Gasteiger charge is -2.19. The third-order valence-corrected chi connectivity index (χ3v) is 3.16. The van der Waals surface area contributed by atoms with Gasteiger partial charge in [0.05, 0.1) is 6.61 Å². The summed E-state index contributed by atoms with van der Waals surface area (Å²) in [4.78, 5) is 14.1. The van der Waals surface area contributed by atoms with Crippen LogP contribution in [0.25, 0.3) is 0 Å². The van der Waals surface area contributed by atoms with Crippen LogP contribution in [0.1, 0.15) is 18.9 Å². The smallest absolute Gasteiger partial charge is 0.225 e. The van der Waals surface area contributed by atoms with E-state index >= 15 is 0 Å². The number of carbonyl (C=O) groups is 1. The van der Waals surface area contributed by atoms with Crippen LogP contribution in [0.2, 0.25) is 0 Å². The van der Waals surface area contributed by atoms with Gasteiger partial charge in [-0.05, 0) is 24.2 Å². The number of benzene rings is 1. The first kappa shape index (κ1) is 16.6. The van der Waals surface area contributed by atoms with Gasteiger partial charge in [0.1, 0.15) is 0 Å². The molecule has 1 amide bonds. The highest BCUT2D eigenvalue weighted by atomic mass is 16.5. The summed E-state index contributed by atoms with van der Waals surface area (Å²) in [5, 5.41) is 2.90. The van der Waals surface area contributed by atoms with E-state index < -0.39 is 0 Å². The van der Waals surface area contributed by atoms with Crippen molar-refractivity contribution in [2.75, 3.05) is 38.7 Å². The Bertz CT molecular complexity index is 410. The molecule has 0 saturated heterocycles. The summed E-state index contributed by atoms with van der Waals surface area (Å²) in [6.07, 6.45) is 0.477. The highest BCUT2D eigenvalue weighted by Crippen LogP contribution is 2.10. The third kappa shape index (κ3) is 6.14. The molecule has 0 fully saturated rings. The number of rotatable bonds is 9. The lowest BCUT2D eigenvalue weighted by atomic mass is 10.2. The van der Waals surface area contributed by atoms with E-state index in [-0.39, 0.29) is 5.91 Å². The van der Waals surface area contributed by atoms with Crippen LogP contribution < -0.4 is 11.1 Å². The molecule has 0 bridgehead atoms. The molecule has 20 heavy (non-hydrogen) atoms. The van der Waals surface area contributed by atoms with Crippen molar-refractivity contribution in [3.05, 3.63) is 29.8 Å². The molecule has 3 N–H and O–H groups in total. The van der Waals surface area contributed by atoms with E-state index in [1.165, 1.54) is 0 Å². The van der Waals surface area contributed by atoms with Gasteiger partial charge in [0.25, 0.3) is 0 Å². The molecule has 0 aliphatic heterocycles. The van der Waals surface area contributed by atoms with Crippen molar-refractivity contribution in [3.63, 3.8) is 0 Å². The predicted molar refractivity (Wildman–Crippen MR) is 81.6 cm³/mol. The quantitative estimate of drug-likeness (QED) is 0.718. The topological polar surface area (TPSA) is 67.6 Å². The Labute approximate surface area is 121 Å². The molecule has 112 valence electrons. The molecular formula is C15H25N3O2. The van der Waals surface area contributed by atoms with E-state index in [4.69, 9.17) is 10.5 Å². The molecule has 0 atom stereocenters. The number of carbonyl (C=O) groups excluding carboxylic acids is 1. The molecule has 0 unspecified atom stereocenters. The number of ether oxygens (including phenoxy) is 1. The minimum atomic E-state index is 0.0232. The minimum absolute atomic E-state index is 0.0232. The molecule has 0 radical (unpaired) electrons. The molecule has 5 nitrogen and oxygen atoms in total. The Morgan fingerprint density at radius 3 is 2.85 bits per heavy atom. The molecule has 0 spiro atoms. The van der Waals surface area contributed by atoms with Crippen molar-refractivity contribution in [1.82, 2.24) is 4.90 Å². The van der Waals surface area contributed by atoms with Crippen LogP contribution in [0.3, 0.4) is 0 Å². The molecule has 1 aromatic rings. The zero-order valence-corrected chi connectivity index (χ0v) is 12.4. The number of likely N-dealkylation sites (N-methyl/N-ethyl adjacent to an activating group) is 1. The molecule has 0 saturated carbocycles. The maximum atomic E-state index is 11.9. The fourth-order valence-electron chi connectivity index (χ4n) is 1.91. The van der Waals surface area contributed by atoms with Crippen LogP contribution in [0.5, 0.6) is 0 Å². The van der Waals surface area contributed by atoms with E-state index in [9.17, 15) is 4.79 Å². The second-order valence-electron chi connectivity index (χ2n) is 4.63. The van der Waals surface area contributed by atoms with E-state index in [0.717, 1.165) is 30.9 Å². The fourth-order valence-corrected chi connectivity index (χ4v) is 1.91. The summed E-state index contributed by atoms with van der Waals surface area (Å²) in [6.45, 7) is 5.75. The van der Waals surface area contributed by atoms with Gasteiger partial charge in [0.2, 0.25) is 5.91 Å². The third-order valence-electron chi connectivity index (χ3n) is 3.16. The summed E-state index contributed by atoms with van der Waals surface area (Å²) in [5.74, 6) is 0.0232. The second kappa shape index (κ2) is 9.47. The highest BCUT2D eigenvalue weighted by Gasteiger charge is 2.07. The largest absolute Gasteiger partial charge is 0.383 e. The van der Waals surface area contributed by atoms with Crippen molar-refractivity contribution in [3.8, 4) is 0 Å². The molecular weight excluding hydrogens is 254 g/mol. The van der Waals surface area contributed by atoms with Crippen molar-refractivity contribution in [1.29, 1.82) is 0 Å². The standard InChI is InChI=1S/C15H25N3O2/c1-3-18(9-10-20-2)8-7-15(19)17-14-6-4-5-13(11-14)12-16/h4-6,11H,3,7-10,12,16H2,1-2H3,(H,17,19). The number of hydrogen-bond donors (Lipinski definition) is 2. The number of nitrogens with two attached hydrogens (primary N) is 1. The summed E-state index contributed by atoms with van der Waals surface area (Å²) >= 11 is 0. The average Bonchev–Trinajstić information content (AvgIpc) is 2.47. The Morgan fingerprint density at radius 2 is 2.20 bits per heavy atom. The van der Waals surface area contributed by atoms with E-state index in [2.05, 4.69) is 17.1 Å². The van der Waals surface area contributed by atoms with Gasteiger partial charge in [-0.25, -0.2) is 0 Å². The first-order valence-electron chi connectivity index (χ1n) is 6.99. The molecule has 1 rings (SSSR count). The summed E-state index contributed by atoms with van der Waals surface area (Å²) < 4.78 is 5.05. The van der Waals surface area contributed by atoms with Gasteiger partial charge in [0.15, 0.2) is 0 Å². The minimum Gasteiger partial charge on any atom is -0.383 e. The van der Waals surface area contributed by atoms with Gasteiger partial charge in [-0.2, -0.15) is 0 Å². The average molecular weight is 279 g/mol. The number of amides is 1. The van der Waals surface area contributed by atoms with Gasteiger partial charge in [-0.15, -0.1) is 0 Å². The summed E-state index contributed by atoms with van der Waals surface area (Å²) in [7, 11) is 1.69. The summed E-state index contributed by atoms with van der Waals surface area (Å²) in [6, 6.07) is 7.62. The predicted octanol–water partition coefficient (Wildman–Crippen LogP) is 1.44. The van der Waals surface area contributed by atoms with Gasteiger partial charge in [-0.1, -0.05) is 19.1 Å². The van der Waals surface area contributed by atoms with Crippen LogP contribution >= 0.6 is 0 Å². The van der Waals surface area contributed by atoms with Gasteiger partial charge < -0.3 is 20.7 Å². The Hall–Kier alpha value is -1.43. The van der Waals surface area contributed by atoms with E-state index in [1.54, 1.807) is 7.11 Å². The first-order valence-corrected chi connectivity index (χ1v) is 6.99. The van der Waals surface area contributed by atoms with Crippen LogP contribution in [0.4, 0.5) is 5.69 Å².